The normalized spacial score (nSPS) is 16.1. The van der Waals surface area contributed by atoms with Crippen molar-refractivity contribution < 1.29 is 14.0 Å². The fourth-order valence-corrected chi connectivity index (χ4v) is 4.87. The van der Waals surface area contributed by atoms with Crippen LogP contribution in [0.15, 0.2) is 52.9 Å². The van der Waals surface area contributed by atoms with Crippen molar-refractivity contribution in [2.24, 2.45) is 0 Å². The van der Waals surface area contributed by atoms with Gasteiger partial charge in [0.2, 0.25) is 0 Å². The highest BCUT2D eigenvalue weighted by Gasteiger charge is 2.37. The van der Waals surface area contributed by atoms with E-state index in [1.165, 1.54) is 35.1 Å². The number of hydrogen-bond acceptors (Lipinski definition) is 3. The van der Waals surface area contributed by atoms with Crippen molar-refractivity contribution in [3.63, 3.8) is 0 Å². The Morgan fingerprint density at radius 2 is 1.53 bits per heavy atom. The van der Waals surface area contributed by atoms with Gasteiger partial charge in [0.05, 0.1) is 0 Å². The molecule has 0 atom stereocenters. The maximum Gasteiger partial charge on any atom is 0.287 e. The van der Waals surface area contributed by atoms with Gasteiger partial charge in [-0.05, 0) is 77.5 Å². The molecule has 0 saturated carbocycles. The van der Waals surface area contributed by atoms with Gasteiger partial charge in [-0.3, -0.25) is 9.59 Å². The third-order valence-corrected chi connectivity index (χ3v) is 7.37. The predicted molar refractivity (Wildman–Crippen MR) is 136 cm³/mol. The lowest BCUT2D eigenvalue weighted by molar-refractivity contribution is 0.0920. The van der Waals surface area contributed by atoms with Crippen LogP contribution in [0, 0.1) is 6.92 Å². The number of carbonyl (C=O) groups is 2. The fraction of sp³-hybridized carbons (Fsp3) is 0.400. The van der Waals surface area contributed by atoms with Gasteiger partial charge in [0.25, 0.3) is 5.91 Å². The molecule has 2 aromatic carbocycles. The van der Waals surface area contributed by atoms with Crippen molar-refractivity contribution in [3.8, 4) is 0 Å². The standard InChI is InChI=1S/C30H35NO3/c1-19-15-25-26(30(5,6)14-13-29(25,3)4)17-23(19)16-24-11-12-27(34-24)28(33)31-18-21-7-9-22(10-8-21)20(2)32/h7-12,15,17H,13-14,16,18H2,1-6H3,(H,31,33). The Bertz CT molecular complexity index is 1230. The number of Topliss-reactive ketones (excluding diaryl/α,β-unsaturated/α-hetero) is 1. The summed E-state index contributed by atoms with van der Waals surface area (Å²) in [6.45, 7) is 13.4. The molecule has 1 aliphatic carbocycles. The molecule has 4 nitrogen and oxygen atoms in total. The fourth-order valence-electron chi connectivity index (χ4n) is 4.87. The van der Waals surface area contributed by atoms with Crippen LogP contribution in [0.4, 0.5) is 0 Å². The van der Waals surface area contributed by atoms with E-state index >= 15 is 0 Å². The van der Waals surface area contributed by atoms with E-state index in [2.05, 4.69) is 52.1 Å². The third kappa shape index (κ3) is 4.86. The summed E-state index contributed by atoms with van der Waals surface area (Å²) >= 11 is 0. The van der Waals surface area contributed by atoms with Gasteiger partial charge >= 0.3 is 0 Å². The molecule has 1 amide bonds. The Morgan fingerprint density at radius 3 is 2.15 bits per heavy atom. The molecule has 4 rings (SSSR count). The molecule has 0 bridgehead atoms. The second-order valence-electron chi connectivity index (χ2n) is 11.0. The van der Waals surface area contributed by atoms with Crippen molar-refractivity contribution in [1.82, 2.24) is 5.32 Å². The topological polar surface area (TPSA) is 59.3 Å². The van der Waals surface area contributed by atoms with E-state index in [-0.39, 0.29) is 22.5 Å². The summed E-state index contributed by atoms with van der Waals surface area (Å²) in [5, 5.41) is 2.90. The van der Waals surface area contributed by atoms with E-state index in [0.29, 0.717) is 24.3 Å². The quantitative estimate of drug-likeness (QED) is 0.421. The predicted octanol–water partition coefficient (Wildman–Crippen LogP) is 6.66. The number of rotatable bonds is 6. The SMILES string of the molecule is CC(=O)c1ccc(CNC(=O)c2ccc(Cc3cc4c(cc3C)C(C)(C)CCC4(C)C)o2)cc1. The van der Waals surface area contributed by atoms with E-state index in [4.69, 9.17) is 4.42 Å². The molecule has 0 unspecified atom stereocenters. The van der Waals surface area contributed by atoms with Gasteiger partial charge in [-0.25, -0.2) is 0 Å². The monoisotopic (exact) mass is 457 g/mol. The zero-order valence-electron chi connectivity index (χ0n) is 21.2. The molecule has 4 heteroatoms. The van der Waals surface area contributed by atoms with Crippen molar-refractivity contribution in [3.05, 3.63) is 93.4 Å². The molecule has 3 aromatic rings. The minimum atomic E-state index is -0.244. The maximum absolute atomic E-state index is 12.6. The summed E-state index contributed by atoms with van der Waals surface area (Å²) in [6.07, 6.45) is 3.04. The van der Waals surface area contributed by atoms with Crippen LogP contribution >= 0.6 is 0 Å². The van der Waals surface area contributed by atoms with Crippen molar-refractivity contribution in [2.75, 3.05) is 0 Å². The second kappa shape index (κ2) is 8.90. The van der Waals surface area contributed by atoms with Crippen LogP contribution in [0.2, 0.25) is 0 Å². The smallest absolute Gasteiger partial charge is 0.287 e. The molecule has 0 saturated heterocycles. The molecule has 0 spiro atoms. The van der Waals surface area contributed by atoms with Crippen LogP contribution in [-0.4, -0.2) is 11.7 Å². The first-order chi connectivity index (χ1) is 16.0. The lowest BCUT2D eigenvalue weighted by Crippen LogP contribution is -2.34. The van der Waals surface area contributed by atoms with Gasteiger partial charge in [0.15, 0.2) is 11.5 Å². The first-order valence-corrected chi connectivity index (χ1v) is 12.1. The lowest BCUT2D eigenvalue weighted by atomic mass is 9.62. The molecular formula is C30H35NO3. The van der Waals surface area contributed by atoms with Crippen LogP contribution in [0.3, 0.4) is 0 Å². The Morgan fingerprint density at radius 1 is 0.912 bits per heavy atom. The molecular weight excluding hydrogens is 422 g/mol. The molecule has 1 aromatic heterocycles. The number of fused-ring (bicyclic) bond motifs is 1. The van der Waals surface area contributed by atoms with Gasteiger partial charge in [-0.2, -0.15) is 0 Å². The van der Waals surface area contributed by atoms with E-state index in [1.807, 2.05) is 18.2 Å². The summed E-state index contributed by atoms with van der Waals surface area (Å²) in [6, 6.07) is 15.6. The van der Waals surface area contributed by atoms with Crippen LogP contribution in [0.25, 0.3) is 0 Å². The highest BCUT2D eigenvalue weighted by atomic mass is 16.3. The van der Waals surface area contributed by atoms with Crippen LogP contribution in [0.5, 0.6) is 0 Å². The van der Waals surface area contributed by atoms with E-state index in [1.54, 1.807) is 25.1 Å². The number of aryl methyl sites for hydroxylation is 1. The van der Waals surface area contributed by atoms with Crippen molar-refractivity contribution in [2.45, 2.75) is 78.2 Å². The Hall–Kier alpha value is -3.14. The van der Waals surface area contributed by atoms with E-state index in [9.17, 15) is 9.59 Å². The number of hydrogen-bond donors (Lipinski definition) is 1. The molecule has 0 aliphatic heterocycles. The largest absolute Gasteiger partial charge is 0.456 e. The molecule has 178 valence electrons. The third-order valence-electron chi connectivity index (χ3n) is 7.37. The first-order valence-electron chi connectivity index (χ1n) is 12.1. The van der Waals surface area contributed by atoms with Gasteiger partial charge in [-0.1, -0.05) is 64.1 Å². The summed E-state index contributed by atoms with van der Waals surface area (Å²) in [5.74, 6) is 0.881. The molecule has 0 fully saturated rings. The van der Waals surface area contributed by atoms with Gasteiger partial charge in [0, 0.05) is 18.5 Å². The number of ketones is 1. The Kier molecular flexibility index (Phi) is 6.28. The average molecular weight is 458 g/mol. The average Bonchev–Trinajstić information content (AvgIpc) is 3.25. The molecule has 1 aliphatic rings. The number of benzene rings is 2. The highest BCUT2D eigenvalue weighted by Crippen LogP contribution is 2.46. The maximum atomic E-state index is 12.6. The van der Waals surface area contributed by atoms with Crippen LogP contribution < -0.4 is 5.32 Å². The van der Waals surface area contributed by atoms with Crippen LogP contribution in [0.1, 0.15) is 102 Å². The number of amides is 1. The Labute approximate surface area is 202 Å². The summed E-state index contributed by atoms with van der Waals surface area (Å²) in [4.78, 5) is 24.0. The minimum absolute atomic E-state index is 0.0279. The van der Waals surface area contributed by atoms with Gasteiger partial charge in [-0.15, -0.1) is 0 Å². The summed E-state index contributed by atoms with van der Waals surface area (Å²) < 4.78 is 5.92. The van der Waals surface area contributed by atoms with E-state index < -0.39 is 0 Å². The molecule has 0 radical (unpaired) electrons. The first kappa shape index (κ1) is 24.0. The van der Waals surface area contributed by atoms with Gasteiger partial charge in [0.1, 0.15) is 5.76 Å². The van der Waals surface area contributed by atoms with E-state index in [0.717, 1.165) is 11.3 Å². The van der Waals surface area contributed by atoms with Crippen molar-refractivity contribution in [1.29, 1.82) is 0 Å². The number of furan rings is 1. The molecule has 1 heterocycles. The number of nitrogens with one attached hydrogen (secondary N) is 1. The zero-order valence-corrected chi connectivity index (χ0v) is 21.2. The summed E-state index contributed by atoms with van der Waals surface area (Å²) in [5.41, 5.74) is 7.35. The highest BCUT2D eigenvalue weighted by molar-refractivity contribution is 5.94. The summed E-state index contributed by atoms with van der Waals surface area (Å²) in [7, 11) is 0. The lowest BCUT2D eigenvalue weighted by Gasteiger charge is -2.42. The Balaban J connectivity index is 1.46. The van der Waals surface area contributed by atoms with Crippen molar-refractivity contribution >= 4 is 11.7 Å². The molecule has 1 N–H and O–H groups in total. The van der Waals surface area contributed by atoms with Crippen LogP contribution in [-0.2, 0) is 23.8 Å². The van der Waals surface area contributed by atoms with Gasteiger partial charge < -0.3 is 9.73 Å². The molecule has 34 heavy (non-hydrogen) atoms. The second-order valence-corrected chi connectivity index (χ2v) is 11.0. The number of carbonyl (C=O) groups excluding carboxylic acids is 2. The zero-order chi connectivity index (χ0) is 24.7. The minimum Gasteiger partial charge on any atom is -0.456 e.